The van der Waals surface area contributed by atoms with E-state index >= 15 is 0 Å². The molecule has 0 N–H and O–H groups in total. The Bertz CT molecular complexity index is 407. The Hall–Kier alpha value is -1.47. The highest BCUT2D eigenvalue weighted by atomic mass is 32.2. The van der Waals surface area contributed by atoms with Crippen LogP contribution in [0.5, 0.6) is 5.88 Å². The van der Waals surface area contributed by atoms with Gasteiger partial charge in [0.25, 0.3) is 0 Å². The number of methoxy groups -OCH3 is 1. The highest BCUT2D eigenvalue weighted by Crippen LogP contribution is 2.07. The number of carbonyl (C=O) groups excluding carboxylic acids is 1. The fourth-order valence-corrected chi connectivity index (χ4v) is 1.22. The summed E-state index contributed by atoms with van der Waals surface area (Å²) in [4.78, 5) is 14.6. The van der Waals surface area contributed by atoms with Crippen LogP contribution in [0.2, 0.25) is 0 Å². The summed E-state index contributed by atoms with van der Waals surface area (Å²) in [7, 11) is 1.56. The van der Waals surface area contributed by atoms with Crippen LogP contribution in [-0.4, -0.2) is 23.0 Å². The van der Waals surface area contributed by atoms with Gasteiger partial charge in [0, 0.05) is 24.8 Å². The molecule has 0 amide bonds. The maximum Gasteiger partial charge on any atom is 0.214 e. The van der Waals surface area contributed by atoms with Crippen LogP contribution >= 0.6 is 11.8 Å². The number of pyridine rings is 1. The van der Waals surface area contributed by atoms with Crippen LogP contribution in [0.3, 0.4) is 0 Å². The zero-order valence-electron chi connectivity index (χ0n) is 8.61. The Morgan fingerprint density at radius 2 is 2.47 bits per heavy atom. The molecule has 0 unspecified atom stereocenters. The van der Waals surface area contributed by atoms with Gasteiger partial charge in [-0.05, 0) is 6.07 Å². The summed E-state index contributed by atoms with van der Waals surface area (Å²) in [5.41, 5.74) is 0.839. The van der Waals surface area contributed by atoms with E-state index in [0.717, 1.165) is 5.56 Å². The summed E-state index contributed by atoms with van der Waals surface area (Å²) < 4.78 is 4.96. The molecule has 0 bridgehead atoms. The van der Waals surface area contributed by atoms with E-state index in [1.54, 1.807) is 25.4 Å². The first-order chi connectivity index (χ1) is 7.22. The van der Waals surface area contributed by atoms with E-state index in [1.807, 2.05) is 0 Å². The molecule has 0 spiro atoms. The van der Waals surface area contributed by atoms with E-state index in [4.69, 9.17) is 4.74 Å². The van der Waals surface area contributed by atoms with Crippen LogP contribution in [0.15, 0.2) is 18.3 Å². The molecule has 0 saturated heterocycles. The minimum absolute atomic E-state index is 0.0802. The molecule has 1 rings (SSSR count). The summed E-state index contributed by atoms with van der Waals surface area (Å²) in [6.45, 7) is 1.53. The van der Waals surface area contributed by atoms with E-state index < -0.39 is 0 Å². The van der Waals surface area contributed by atoms with E-state index in [-0.39, 0.29) is 5.12 Å². The lowest BCUT2D eigenvalue weighted by molar-refractivity contribution is -0.109. The third-order valence-corrected chi connectivity index (χ3v) is 2.22. The zero-order valence-corrected chi connectivity index (χ0v) is 9.43. The van der Waals surface area contributed by atoms with Gasteiger partial charge in [0.15, 0.2) is 5.12 Å². The van der Waals surface area contributed by atoms with Gasteiger partial charge < -0.3 is 4.74 Å². The number of ether oxygens (including phenoxy) is 1. The van der Waals surface area contributed by atoms with Crippen LogP contribution in [0.1, 0.15) is 12.5 Å². The molecule has 4 heteroatoms. The molecular weight excluding hydrogens is 210 g/mol. The molecule has 1 heterocycles. The number of nitrogens with zero attached hydrogens (tertiary/aromatic N) is 1. The lowest BCUT2D eigenvalue weighted by Gasteiger charge is -1.96. The van der Waals surface area contributed by atoms with Crippen molar-refractivity contribution in [3.8, 4) is 17.7 Å². The zero-order chi connectivity index (χ0) is 11.1. The maximum atomic E-state index is 10.6. The molecule has 0 aliphatic carbocycles. The van der Waals surface area contributed by atoms with Crippen LogP contribution in [-0.2, 0) is 4.79 Å². The molecule has 3 nitrogen and oxygen atoms in total. The monoisotopic (exact) mass is 221 g/mol. The van der Waals surface area contributed by atoms with Crippen molar-refractivity contribution in [1.82, 2.24) is 4.98 Å². The highest BCUT2D eigenvalue weighted by molar-refractivity contribution is 8.13. The summed E-state index contributed by atoms with van der Waals surface area (Å²) in [5.74, 6) is 6.88. The third-order valence-electron chi connectivity index (χ3n) is 1.52. The standard InChI is InChI=1S/C11H11NO2S/c1-9(13)15-7-3-4-10-5-6-12-11(8-10)14-2/h5-6,8H,7H2,1-2H3. The molecule has 0 atom stereocenters. The normalized spacial score (nSPS) is 8.93. The van der Waals surface area contributed by atoms with E-state index in [0.29, 0.717) is 11.6 Å². The lowest BCUT2D eigenvalue weighted by Crippen LogP contribution is -1.87. The molecule has 0 saturated carbocycles. The van der Waals surface area contributed by atoms with Crippen LogP contribution in [0.4, 0.5) is 0 Å². The second kappa shape index (κ2) is 6.10. The molecule has 0 aromatic carbocycles. The number of hydrogen-bond acceptors (Lipinski definition) is 4. The number of carbonyl (C=O) groups is 1. The van der Waals surface area contributed by atoms with Gasteiger partial charge in [-0.3, -0.25) is 4.79 Å². The quantitative estimate of drug-likeness (QED) is 0.713. The molecule has 0 aliphatic rings. The highest BCUT2D eigenvalue weighted by Gasteiger charge is 1.93. The average Bonchev–Trinajstić information content (AvgIpc) is 2.24. The Kier molecular flexibility index (Phi) is 4.72. The summed E-state index contributed by atoms with van der Waals surface area (Å²) in [5, 5.41) is 0.0802. The topological polar surface area (TPSA) is 39.2 Å². The maximum absolute atomic E-state index is 10.6. The fraction of sp³-hybridized carbons (Fsp3) is 0.273. The molecule has 78 valence electrons. The molecule has 0 fully saturated rings. The largest absolute Gasteiger partial charge is 0.481 e. The lowest BCUT2D eigenvalue weighted by atomic mass is 10.3. The van der Waals surface area contributed by atoms with Gasteiger partial charge in [0.2, 0.25) is 5.88 Å². The van der Waals surface area contributed by atoms with Crippen molar-refractivity contribution in [2.75, 3.05) is 12.9 Å². The minimum Gasteiger partial charge on any atom is -0.481 e. The Labute approximate surface area is 93.2 Å². The van der Waals surface area contributed by atoms with Crippen molar-refractivity contribution in [2.45, 2.75) is 6.92 Å². The first-order valence-corrected chi connectivity index (χ1v) is 5.33. The molecule has 1 aromatic rings. The summed E-state index contributed by atoms with van der Waals surface area (Å²) >= 11 is 1.20. The first kappa shape index (κ1) is 11.6. The fourth-order valence-electron chi connectivity index (χ4n) is 0.875. The summed E-state index contributed by atoms with van der Waals surface area (Å²) in [6.07, 6.45) is 1.64. The number of rotatable bonds is 2. The molecular formula is C11H11NO2S. The number of aromatic nitrogens is 1. The van der Waals surface area contributed by atoms with Crippen LogP contribution in [0.25, 0.3) is 0 Å². The molecule has 0 radical (unpaired) electrons. The van der Waals surface area contributed by atoms with Crippen LogP contribution < -0.4 is 4.74 Å². The predicted octanol–water partition coefficient (Wildman–Crippen LogP) is 1.72. The van der Waals surface area contributed by atoms with Gasteiger partial charge in [-0.25, -0.2) is 4.98 Å². The second-order valence-corrected chi connectivity index (χ2v) is 3.82. The minimum atomic E-state index is 0.0802. The second-order valence-electron chi connectivity index (χ2n) is 2.67. The van der Waals surface area contributed by atoms with Gasteiger partial charge in [0.05, 0.1) is 12.9 Å². The predicted molar refractivity (Wildman–Crippen MR) is 60.8 cm³/mol. The average molecular weight is 221 g/mol. The molecule has 15 heavy (non-hydrogen) atoms. The van der Waals surface area contributed by atoms with E-state index in [1.165, 1.54) is 18.7 Å². The van der Waals surface area contributed by atoms with Crippen molar-refractivity contribution < 1.29 is 9.53 Å². The van der Waals surface area contributed by atoms with Gasteiger partial charge in [0.1, 0.15) is 0 Å². The van der Waals surface area contributed by atoms with Crippen molar-refractivity contribution in [3.05, 3.63) is 23.9 Å². The first-order valence-electron chi connectivity index (χ1n) is 4.34. The van der Waals surface area contributed by atoms with Gasteiger partial charge >= 0.3 is 0 Å². The molecule has 1 aromatic heterocycles. The Morgan fingerprint density at radius 1 is 1.67 bits per heavy atom. The van der Waals surface area contributed by atoms with Crippen molar-refractivity contribution in [2.24, 2.45) is 0 Å². The van der Waals surface area contributed by atoms with Crippen LogP contribution in [0, 0.1) is 11.8 Å². The number of thioether (sulfide) groups is 1. The smallest absolute Gasteiger partial charge is 0.214 e. The van der Waals surface area contributed by atoms with Gasteiger partial charge in [-0.15, -0.1) is 0 Å². The molecule has 0 aliphatic heterocycles. The van der Waals surface area contributed by atoms with Crippen molar-refractivity contribution in [1.29, 1.82) is 0 Å². The Morgan fingerprint density at radius 3 is 3.13 bits per heavy atom. The van der Waals surface area contributed by atoms with E-state index in [9.17, 15) is 4.79 Å². The third kappa shape index (κ3) is 4.52. The van der Waals surface area contributed by atoms with Crippen molar-refractivity contribution in [3.63, 3.8) is 0 Å². The number of hydrogen-bond donors (Lipinski definition) is 0. The Balaban J connectivity index is 2.59. The van der Waals surface area contributed by atoms with E-state index in [2.05, 4.69) is 16.8 Å². The van der Waals surface area contributed by atoms with Crippen molar-refractivity contribution >= 4 is 16.9 Å². The van der Waals surface area contributed by atoms with Gasteiger partial charge in [-0.1, -0.05) is 23.6 Å². The summed E-state index contributed by atoms with van der Waals surface area (Å²) in [6, 6.07) is 3.55. The van der Waals surface area contributed by atoms with Gasteiger partial charge in [-0.2, -0.15) is 0 Å². The SMILES string of the molecule is COc1cc(C#CCSC(C)=O)ccn1.